The summed E-state index contributed by atoms with van der Waals surface area (Å²) in [6.07, 6.45) is 1.88. The molecule has 0 saturated carbocycles. The number of aryl methyl sites for hydroxylation is 1. The molecule has 0 saturated heterocycles. The second kappa shape index (κ2) is 12.8. The molecule has 2 atom stereocenters. The van der Waals surface area contributed by atoms with Crippen molar-refractivity contribution in [3.63, 3.8) is 0 Å². The Hall–Kier alpha value is -1.61. The molecule has 29 heavy (non-hydrogen) atoms. The number of carbonyl (C=O) groups is 1. The van der Waals surface area contributed by atoms with E-state index in [-0.39, 0.29) is 42.0 Å². The molecule has 2 unspecified atom stereocenters. The minimum atomic E-state index is -0.0291. The Bertz CT molecular complexity index is 806. The van der Waals surface area contributed by atoms with Gasteiger partial charge in [-0.25, -0.2) is 0 Å². The highest BCUT2D eigenvalue weighted by Crippen LogP contribution is 2.16. The number of halogens is 1. The first-order valence-electron chi connectivity index (χ1n) is 9.83. The first-order chi connectivity index (χ1) is 13.4. The van der Waals surface area contributed by atoms with Gasteiger partial charge in [-0.15, -0.1) is 35.3 Å². The van der Waals surface area contributed by atoms with Crippen molar-refractivity contribution in [1.82, 2.24) is 16.0 Å². The lowest BCUT2D eigenvalue weighted by molar-refractivity contribution is 0.0939. The number of nitrogens with zero attached hydrogens (tertiary/aromatic N) is 1. The molecular formula is C22H33IN4OS. The van der Waals surface area contributed by atoms with Crippen LogP contribution in [0.5, 0.6) is 0 Å². The molecule has 0 spiro atoms. The average molecular weight is 529 g/mol. The minimum Gasteiger partial charge on any atom is -0.354 e. The summed E-state index contributed by atoms with van der Waals surface area (Å²) in [6, 6.07) is 12.5. The molecule has 5 nitrogen and oxygen atoms in total. The van der Waals surface area contributed by atoms with Gasteiger partial charge in [-0.05, 0) is 57.0 Å². The zero-order valence-electron chi connectivity index (χ0n) is 17.9. The third kappa shape index (κ3) is 8.74. The number of hydrogen-bond acceptors (Lipinski definition) is 3. The number of rotatable bonds is 8. The van der Waals surface area contributed by atoms with Crippen molar-refractivity contribution in [2.75, 3.05) is 7.05 Å². The molecule has 1 aromatic carbocycles. The summed E-state index contributed by atoms with van der Waals surface area (Å²) in [5.74, 6) is 0.730. The van der Waals surface area contributed by atoms with E-state index in [0.717, 1.165) is 24.4 Å². The number of carbonyl (C=O) groups excluding carboxylic acids is 1. The molecule has 0 radical (unpaired) electrons. The highest BCUT2D eigenvalue weighted by Gasteiger charge is 2.10. The van der Waals surface area contributed by atoms with E-state index in [1.165, 1.54) is 9.75 Å². The van der Waals surface area contributed by atoms with Crippen molar-refractivity contribution in [2.45, 2.75) is 59.2 Å². The normalized spacial score (nSPS) is 13.2. The third-order valence-corrected chi connectivity index (χ3v) is 5.57. The fourth-order valence-electron chi connectivity index (χ4n) is 2.79. The Morgan fingerprint density at radius 1 is 1.14 bits per heavy atom. The lowest BCUT2D eigenvalue weighted by Crippen LogP contribution is -2.42. The van der Waals surface area contributed by atoms with Gasteiger partial charge in [0.25, 0.3) is 5.91 Å². The van der Waals surface area contributed by atoms with Gasteiger partial charge in [0.2, 0.25) is 0 Å². The molecule has 3 N–H and O–H groups in total. The van der Waals surface area contributed by atoms with Gasteiger partial charge in [-0.2, -0.15) is 0 Å². The Morgan fingerprint density at radius 3 is 2.52 bits per heavy atom. The Labute approximate surface area is 195 Å². The topological polar surface area (TPSA) is 65.5 Å². The van der Waals surface area contributed by atoms with Gasteiger partial charge in [0.1, 0.15) is 0 Å². The van der Waals surface area contributed by atoms with Crippen LogP contribution in [0.4, 0.5) is 0 Å². The molecule has 0 aliphatic rings. The fraction of sp³-hybridized carbons (Fsp3) is 0.455. The van der Waals surface area contributed by atoms with Gasteiger partial charge >= 0.3 is 0 Å². The van der Waals surface area contributed by atoms with Crippen LogP contribution >= 0.6 is 35.3 Å². The molecule has 1 aromatic heterocycles. The van der Waals surface area contributed by atoms with E-state index in [1.54, 1.807) is 7.05 Å². The SMILES string of the molecule is CCC(C)NC(=O)c1cccc(CNC(=NC)NC(C)Cc2ccc(C)s2)c1.I. The summed E-state index contributed by atoms with van der Waals surface area (Å²) in [5, 5.41) is 9.77. The predicted molar refractivity (Wildman–Crippen MR) is 135 cm³/mol. The van der Waals surface area contributed by atoms with E-state index in [4.69, 9.17) is 0 Å². The maximum atomic E-state index is 12.3. The lowest BCUT2D eigenvalue weighted by Gasteiger charge is -2.18. The molecule has 0 aliphatic carbocycles. The van der Waals surface area contributed by atoms with E-state index >= 15 is 0 Å². The smallest absolute Gasteiger partial charge is 0.251 e. The fourth-order valence-corrected chi connectivity index (χ4v) is 3.81. The van der Waals surface area contributed by atoms with Crippen LogP contribution in [0.3, 0.4) is 0 Å². The molecular weight excluding hydrogens is 495 g/mol. The third-order valence-electron chi connectivity index (χ3n) is 4.55. The molecule has 0 fully saturated rings. The van der Waals surface area contributed by atoms with Crippen LogP contribution in [0.25, 0.3) is 0 Å². The molecule has 1 heterocycles. The monoisotopic (exact) mass is 528 g/mol. The summed E-state index contributed by atoms with van der Waals surface area (Å²) in [4.78, 5) is 19.3. The number of aliphatic imine (C=N–C) groups is 1. The van der Waals surface area contributed by atoms with Crippen molar-refractivity contribution in [3.8, 4) is 0 Å². The van der Waals surface area contributed by atoms with Gasteiger partial charge in [-0.3, -0.25) is 9.79 Å². The molecule has 1 amide bonds. The van der Waals surface area contributed by atoms with Gasteiger partial charge in [0.05, 0.1) is 0 Å². The largest absolute Gasteiger partial charge is 0.354 e. The van der Waals surface area contributed by atoms with Crippen LogP contribution in [0, 0.1) is 6.92 Å². The van der Waals surface area contributed by atoms with Crippen molar-refractivity contribution in [3.05, 3.63) is 57.3 Å². The van der Waals surface area contributed by atoms with Gasteiger partial charge < -0.3 is 16.0 Å². The van der Waals surface area contributed by atoms with Crippen LogP contribution in [-0.2, 0) is 13.0 Å². The Morgan fingerprint density at radius 2 is 1.90 bits per heavy atom. The molecule has 0 aliphatic heterocycles. The number of thiophene rings is 1. The van der Waals surface area contributed by atoms with Crippen molar-refractivity contribution in [2.24, 2.45) is 4.99 Å². The van der Waals surface area contributed by atoms with Crippen LogP contribution in [-0.4, -0.2) is 31.0 Å². The highest BCUT2D eigenvalue weighted by atomic mass is 127. The van der Waals surface area contributed by atoms with E-state index in [0.29, 0.717) is 12.1 Å². The number of nitrogens with one attached hydrogen (secondary N) is 3. The van der Waals surface area contributed by atoms with E-state index < -0.39 is 0 Å². The summed E-state index contributed by atoms with van der Waals surface area (Å²) >= 11 is 1.83. The highest BCUT2D eigenvalue weighted by molar-refractivity contribution is 14.0. The Balaban J connectivity index is 0.00000420. The summed E-state index contributed by atoms with van der Waals surface area (Å²) in [6.45, 7) is 8.96. The molecule has 160 valence electrons. The van der Waals surface area contributed by atoms with Crippen LogP contribution < -0.4 is 16.0 Å². The van der Waals surface area contributed by atoms with Crippen LogP contribution in [0.1, 0.15) is 52.9 Å². The van der Waals surface area contributed by atoms with E-state index in [2.05, 4.69) is 53.8 Å². The number of hydrogen-bond donors (Lipinski definition) is 3. The second-order valence-electron chi connectivity index (χ2n) is 7.17. The maximum Gasteiger partial charge on any atom is 0.251 e. The van der Waals surface area contributed by atoms with Crippen molar-refractivity contribution < 1.29 is 4.79 Å². The van der Waals surface area contributed by atoms with Gasteiger partial charge in [0.15, 0.2) is 5.96 Å². The van der Waals surface area contributed by atoms with Gasteiger partial charge in [0, 0.05) is 47.4 Å². The zero-order valence-corrected chi connectivity index (χ0v) is 21.1. The first-order valence-corrected chi connectivity index (χ1v) is 10.6. The quantitative estimate of drug-likeness (QED) is 0.269. The standard InChI is InChI=1S/C22H32N4OS.HI/c1-6-15(2)25-21(27)19-9-7-8-18(13-19)14-24-22(23-5)26-16(3)12-20-11-10-17(4)28-20;/h7-11,13,15-16H,6,12,14H2,1-5H3,(H,25,27)(H2,23,24,26);1H. The molecule has 0 bridgehead atoms. The van der Waals surface area contributed by atoms with Crippen LogP contribution in [0.2, 0.25) is 0 Å². The second-order valence-corrected chi connectivity index (χ2v) is 8.54. The van der Waals surface area contributed by atoms with Crippen molar-refractivity contribution in [1.29, 1.82) is 0 Å². The van der Waals surface area contributed by atoms with E-state index in [1.807, 2.05) is 42.5 Å². The summed E-state index contributed by atoms with van der Waals surface area (Å²) < 4.78 is 0. The van der Waals surface area contributed by atoms with E-state index in [9.17, 15) is 4.79 Å². The molecule has 7 heteroatoms. The predicted octanol–water partition coefficient (Wildman–Crippen LogP) is 4.50. The molecule has 2 rings (SSSR count). The number of benzene rings is 1. The average Bonchev–Trinajstić information content (AvgIpc) is 3.09. The number of amides is 1. The first kappa shape index (κ1) is 25.4. The Kier molecular flexibility index (Phi) is 11.3. The minimum absolute atomic E-state index is 0. The van der Waals surface area contributed by atoms with Crippen molar-refractivity contribution >= 4 is 47.2 Å². The lowest BCUT2D eigenvalue weighted by atomic mass is 10.1. The maximum absolute atomic E-state index is 12.3. The summed E-state index contributed by atoms with van der Waals surface area (Å²) in [7, 11) is 1.77. The van der Waals surface area contributed by atoms with Crippen LogP contribution in [0.15, 0.2) is 41.4 Å². The summed E-state index contributed by atoms with van der Waals surface area (Å²) in [5.41, 5.74) is 1.73. The number of guanidine groups is 1. The molecule has 2 aromatic rings. The zero-order chi connectivity index (χ0) is 20.5. The van der Waals surface area contributed by atoms with Gasteiger partial charge in [-0.1, -0.05) is 19.1 Å².